The van der Waals surface area contributed by atoms with Crippen molar-refractivity contribution in [3.05, 3.63) is 17.3 Å². The molecule has 114 valence electrons. The molecule has 0 aliphatic heterocycles. The van der Waals surface area contributed by atoms with Crippen molar-refractivity contribution in [3.8, 4) is 0 Å². The van der Waals surface area contributed by atoms with Crippen molar-refractivity contribution in [2.45, 2.75) is 18.6 Å². The highest BCUT2D eigenvalue weighted by atomic mass is 35.5. The van der Waals surface area contributed by atoms with Crippen LogP contribution in [0, 0.1) is 5.92 Å². The zero-order valence-corrected chi connectivity index (χ0v) is 14.1. The maximum Gasteiger partial charge on any atom is 0.313 e. The molecule has 0 radical (unpaired) electrons. The number of imidazole rings is 1. The molecule has 0 fully saturated rings. The van der Waals surface area contributed by atoms with Crippen molar-refractivity contribution in [1.82, 2.24) is 14.5 Å². The van der Waals surface area contributed by atoms with Crippen molar-refractivity contribution in [2.24, 2.45) is 5.92 Å². The number of aliphatic carboxylic acids is 1. The van der Waals surface area contributed by atoms with Crippen LogP contribution >= 0.6 is 35.1 Å². The fourth-order valence-electron chi connectivity index (χ4n) is 2.02. The Bertz CT molecular complexity index is 648. The maximum absolute atomic E-state index is 10.8. The first-order valence-electron chi connectivity index (χ1n) is 6.36. The summed E-state index contributed by atoms with van der Waals surface area (Å²) >= 11 is 8.94. The van der Waals surface area contributed by atoms with E-state index in [9.17, 15) is 4.79 Å². The number of aromatic nitrogens is 3. The summed E-state index contributed by atoms with van der Waals surface area (Å²) in [5, 5.41) is 10.1. The van der Waals surface area contributed by atoms with Gasteiger partial charge in [-0.25, -0.2) is 9.97 Å². The van der Waals surface area contributed by atoms with E-state index in [0.717, 1.165) is 17.9 Å². The molecule has 21 heavy (non-hydrogen) atoms. The lowest BCUT2D eigenvalue weighted by molar-refractivity contribution is -0.133. The van der Waals surface area contributed by atoms with Gasteiger partial charge in [-0.05, 0) is 24.0 Å². The Morgan fingerprint density at radius 2 is 2.33 bits per heavy atom. The number of hydrogen-bond acceptors (Lipinski definition) is 5. The zero-order chi connectivity index (χ0) is 15.4. The molecule has 2 heterocycles. The molecule has 1 unspecified atom stereocenters. The van der Waals surface area contributed by atoms with Gasteiger partial charge in [0.2, 0.25) is 0 Å². The molecule has 2 rings (SSSR count). The quantitative estimate of drug-likeness (QED) is 0.777. The summed E-state index contributed by atoms with van der Waals surface area (Å²) in [5.41, 5.74) is 1.45. The average Bonchev–Trinajstić information content (AvgIpc) is 2.74. The minimum absolute atomic E-state index is 0.0199. The van der Waals surface area contributed by atoms with Crippen molar-refractivity contribution in [2.75, 3.05) is 17.8 Å². The highest BCUT2D eigenvalue weighted by Crippen LogP contribution is 2.26. The van der Waals surface area contributed by atoms with Gasteiger partial charge in [0.15, 0.2) is 10.8 Å². The lowest BCUT2D eigenvalue weighted by Crippen LogP contribution is -2.12. The third-order valence-corrected chi connectivity index (χ3v) is 4.86. The number of carbonyl (C=O) groups is 1. The van der Waals surface area contributed by atoms with E-state index in [1.54, 1.807) is 24.0 Å². The van der Waals surface area contributed by atoms with E-state index >= 15 is 0 Å². The predicted molar refractivity (Wildman–Crippen MR) is 88.4 cm³/mol. The number of carboxylic acid groups (broad SMARTS) is 1. The summed E-state index contributed by atoms with van der Waals surface area (Å²) in [6.07, 6.45) is 3.66. The molecule has 0 aliphatic rings. The molecule has 0 aromatic carbocycles. The number of thioether (sulfide) groups is 2. The Morgan fingerprint density at radius 3 is 3.00 bits per heavy atom. The Labute approximate surface area is 136 Å². The molecule has 5 nitrogen and oxygen atoms in total. The standard InChI is InChI=1S/C13H16ClN3O2S2/c1-8(6-20-2)5-17-12-10(3-9(14)4-15-12)16-13(17)21-7-11(18)19/h3-4,8H,5-7H2,1-2H3,(H,18,19). The van der Waals surface area contributed by atoms with Crippen LogP contribution in [0.25, 0.3) is 11.2 Å². The number of hydrogen-bond donors (Lipinski definition) is 1. The van der Waals surface area contributed by atoms with Crippen LogP contribution in [0.4, 0.5) is 0 Å². The topological polar surface area (TPSA) is 68.0 Å². The number of pyridine rings is 1. The third-order valence-electron chi connectivity index (χ3n) is 2.79. The lowest BCUT2D eigenvalue weighted by atomic mass is 10.2. The molecule has 0 bridgehead atoms. The van der Waals surface area contributed by atoms with Gasteiger partial charge >= 0.3 is 5.97 Å². The van der Waals surface area contributed by atoms with E-state index in [1.165, 1.54) is 11.8 Å². The lowest BCUT2D eigenvalue weighted by Gasteiger charge is -2.13. The van der Waals surface area contributed by atoms with Crippen LogP contribution in [0.2, 0.25) is 5.02 Å². The third kappa shape index (κ3) is 4.28. The van der Waals surface area contributed by atoms with Crippen LogP contribution in [0.3, 0.4) is 0 Å². The smallest absolute Gasteiger partial charge is 0.313 e. The van der Waals surface area contributed by atoms with E-state index < -0.39 is 5.97 Å². The van der Waals surface area contributed by atoms with Gasteiger partial charge in [0.1, 0.15) is 5.52 Å². The molecule has 1 atom stereocenters. The average molecular weight is 346 g/mol. The fraction of sp³-hybridized carbons (Fsp3) is 0.462. The van der Waals surface area contributed by atoms with Crippen LogP contribution in [-0.4, -0.2) is 43.4 Å². The first kappa shape index (κ1) is 16.5. The van der Waals surface area contributed by atoms with Crippen LogP contribution < -0.4 is 0 Å². The van der Waals surface area contributed by atoms with Crippen LogP contribution in [0.15, 0.2) is 17.4 Å². The number of nitrogens with zero attached hydrogens (tertiary/aromatic N) is 3. The van der Waals surface area contributed by atoms with Gasteiger partial charge < -0.3 is 9.67 Å². The predicted octanol–water partition coefficient (Wildman–Crippen LogP) is 3.26. The van der Waals surface area contributed by atoms with E-state index in [0.29, 0.717) is 21.6 Å². The van der Waals surface area contributed by atoms with Gasteiger partial charge in [0, 0.05) is 12.7 Å². The highest BCUT2D eigenvalue weighted by molar-refractivity contribution is 7.99. The van der Waals surface area contributed by atoms with Gasteiger partial charge in [-0.2, -0.15) is 11.8 Å². The minimum Gasteiger partial charge on any atom is -0.481 e. The number of carboxylic acids is 1. The number of fused-ring (bicyclic) bond motifs is 1. The highest BCUT2D eigenvalue weighted by Gasteiger charge is 2.16. The number of rotatable bonds is 7. The molecule has 2 aromatic rings. The van der Waals surface area contributed by atoms with Crippen molar-refractivity contribution in [1.29, 1.82) is 0 Å². The SMILES string of the molecule is CSCC(C)Cn1c(SCC(=O)O)nc2cc(Cl)cnc21. The van der Waals surface area contributed by atoms with E-state index in [-0.39, 0.29) is 5.75 Å². The van der Waals surface area contributed by atoms with E-state index in [4.69, 9.17) is 16.7 Å². The summed E-state index contributed by atoms with van der Waals surface area (Å²) in [7, 11) is 0. The molecule has 0 spiro atoms. The minimum atomic E-state index is -0.859. The fourth-order valence-corrected chi connectivity index (χ4v) is 3.57. The Morgan fingerprint density at radius 1 is 1.57 bits per heavy atom. The Balaban J connectivity index is 2.36. The molecule has 0 aliphatic carbocycles. The van der Waals surface area contributed by atoms with Gasteiger partial charge in [-0.15, -0.1) is 0 Å². The maximum atomic E-state index is 10.8. The van der Waals surface area contributed by atoms with E-state index in [1.807, 2.05) is 4.57 Å². The molecule has 0 saturated heterocycles. The first-order valence-corrected chi connectivity index (χ1v) is 9.12. The first-order chi connectivity index (χ1) is 10.0. The molecule has 0 amide bonds. The van der Waals surface area contributed by atoms with Gasteiger partial charge in [0.05, 0.1) is 10.8 Å². The summed E-state index contributed by atoms with van der Waals surface area (Å²) in [6, 6.07) is 1.75. The van der Waals surface area contributed by atoms with Crippen molar-refractivity contribution >= 4 is 52.3 Å². The van der Waals surface area contributed by atoms with Gasteiger partial charge in [0.25, 0.3) is 0 Å². The van der Waals surface area contributed by atoms with Crippen molar-refractivity contribution < 1.29 is 9.90 Å². The molecule has 2 aromatic heterocycles. The Kier molecular flexibility index (Phi) is 5.78. The van der Waals surface area contributed by atoms with E-state index in [2.05, 4.69) is 23.1 Å². The van der Waals surface area contributed by atoms with Crippen LogP contribution in [0.5, 0.6) is 0 Å². The van der Waals surface area contributed by atoms with Crippen molar-refractivity contribution in [3.63, 3.8) is 0 Å². The zero-order valence-electron chi connectivity index (χ0n) is 11.7. The molecule has 0 saturated carbocycles. The normalized spacial score (nSPS) is 12.7. The van der Waals surface area contributed by atoms with Gasteiger partial charge in [-0.1, -0.05) is 30.3 Å². The largest absolute Gasteiger partial charge is 0.481 e. The van der Waals surface area contributed by atoms with Crippen LogP contribution in [-0.2, 0) is 11.3 Å². The summed E-state index contributed by atoms with van der Waals surface area (Å²) in [4.78, 5) is 19.6. The molecular weight excluding hydrogens is 330 g/mol. The Hall–Kier alpha value is -0.920. The molecule has 1 N–H and O–H groups in total. The van der Waals surface area contributed by atoms with Crippen LogP contribution in [0.1, 0.15) is 6.92 Å². The second-order valence-electron chi connectivity index (χ2n) is 4.74. The second-order valence-corrected chi connectivity index (χ2v) is 7.03. The number of halogens is 1. The monoisotopic (exact) mass is 345 g/mol. The summed E-state index contributed by atoms with van der Waals surface area (Å²) < 4.78 is 1.99. The summed E-state index contributed by atoms with van der Waals surface area (Å²) in [6.45, 7) is 2.91. The molecule has 8 heteroatoms. The summed E-state index contributed by atoms with van der Waals surface area (Å²) in [5.74, 6) is 0.588. The second kappa shape index (κ2) is 7.38. The molecular formula is C13H16ClN3O2S2. The van der Waals surface area contributed by atoms with Gasteiger partial charge in [-0.3, -0.25) is 4.79 Å².